The lowest BCUT2D eigenvalue weighted by atomic mass is 9.60. The van der Waals surface area contributed by atoms with Crippen molar-refractivity contribution < 1.29 is 9.84 Å². The second kappa shape index (κ2) is 5.47. The fraction of sp³-hybridized carbons (Fsp3) is 0.500. The summed E-state index contributed by atoms with van der Waals surface area (Å²) in [6, 6.07) is 9.93. The van der Waals surface area contributed by atoms with Crippen LogP contribution in [0.4, 0.5) is 0 Å². The molecule has 0 saturated heterocycles. The van der Waals surface area contributed by atoms with Crippen molar-refractivity contribution in [1.29, 1.82) is 0 Å². The molecule has 108 valence electrons. The third-order valence-corrected chi connectivity index (χ3v) is 4.20. The quantitative estimate of drug-likeness (QED) is 0.661. The summed E-state index contributed by atoms with van der Waals surface area (Å²) in [4.78, 5) is 0. The largest absolute Gasteiger partial charge is 0.482 e. The third-order valence-electron chi connectivity index (χ3n) is 4.20. The van der Waals surface area contributed by atoms with Gasteiger partial charge < -0.3 is 9.84 Å². The van der Waals surface area contributed by atoms with Crippen LogP contribution in [0.1, 0.15) is 39.2 Å². The summed E-state index contributed by atoms with van der Waals surface area (Å²) in [5.41, 5.74) is 3.20. The van der Waals surface area contributed by atoms with Gasteiger partial charge in [0.2, 0.25) is 0 Å². The van der Waals surface area contributed by atoms with E-state index in [0.717, 1.165) is 18.4 Å². The molecule has 1 aromatic rings. The van der Waals surface area contributed by atoms with E-state index in [1.54, 1.807) is 0 Å². The standard InChI is InChI=1S/C18H24O2/c1-5-16(20-13-14-9-7-6-8-10-14)18(19)11-15(12-18)17(2,3)4/h6-10,15,19H,1,11-13H2,2-4H3. The summed E-state index contributed by atoms with van der Waals surface area (Å²) < 4.78 is 5.74. The predicted octanol–water partition coefficient (Wildman–Crippen LogP) is 4.06. The summed E-state index contributed by atoms with van der Waals surface area (Å²) in [5, 5.41) is 10.6. The maximum atomic E-state index is 10.6. The Labute approximate surface area is 121 Å². The smallest absolute Gasteiger partial charge is 0.170 e. The van der Waals surface area contributed by atoms with Crippen LogP contribution < -0.4 is 0 Å². The summed E-state index contributed by atoms with van der Waals surface area (Å²) in [6.07, 6.45) is 1.45. The molecule has 1 N–H and O–H groups in total. The van der Waals surface area contributed by atoms with Crippen LogP contribution in [-0.2, 0) is 11.3 Å². The van der Waals surface area contributed by atoms with E-state index in [9.17, 15) is 5.11 Å². The number of aliphatic hydroxyl groups is 1. The first-order valence-corrected chi connectivity index (χ1v) is 7.15. The molecule has 0 bridgehead atoms. The molecule has 20 heavy (non-hydrogen) atoms. The van der Waals surface area contributed by atoms with Gasteiger partial charge in [-0.15, -0.1) is 0 Å². The molecule has 1 aliphatic carbocycles. The molecule has 0 spiro atoms. The topological polar surface area (TPSA) is 29.5 Å². The van der Waals surface area contributed by atoms with Crippen molar-refractivity contribution in [1.82, 2.24) is 0 Å². The molecular formula is C18H24O2. The van der Waals surface area contributed by atoms with Gasteiger partial charge in [-0.1, -0.05) is 63.4 Å². The Morgan fingerprint density at radius 2 is 1.95 bits per heavy atom. The van der Waals surface area contributed by atoms with Crippen LogP contribution in [0.3, 0.4) is 0 Å². The van der Waals surface area contributed by atoms with Gasteiger partial charge in [-0.25, -0.2) is 0 Å². The highest BCUT2D eigenvalue weighted by molar-refractivity contribution is 5.18. The lowest BCUT2D eigenvalue weighted by Gasteiger charge is -2.49. The Balaban J connectivity index is 1.96. The van der Waals surface area contributed by atoms with Crippen LogP contribution in [0.15, 0.2) is 48.4 Å². The van der Waals surface area contributed by atoms with Crippen molar-refractivity contribution >= 4 is 0 Å². The minimum Gasteiger partial charge on any atom is -0.482 e. The molecule has 2 nitrogen and oxygen atoms in total. The van der Waals surface area contributed by atoms with Crippen molar-refractivity contribution in [2.24, 2.45) is 11.3 Å². The van der Waals surface area contributed by atoms with Crippen molar-refractivity contribution in [2.75, 3.05) is 0 Å². The fourth-order valence-corrected chi connectivity index (χ4v) is 2.63. The lowest BCUT2D eigenvalue weighted by molar-refractivity contribution is -0.111. The zero-order valence-corrected chi connectivity index (χ0v) is 12.6. The zero-order valence-electron chi connectivity index (χ0n) is 12.6. The summed E-state index contributed by atoms with van der Waals surface area (Å²) in [7, 11) is 0. The Morgan fingerprint density at radius 1 is 1.35 bits per heavy atom. The molecule has 1 saturated carbocycles. The molecule has 0 atom stereocenters. The van der Waals surface area contributed by atoms with Gasteiger partial charge in [-0.2, -0.15) is 0 Å². The van der Waals surface area contributed by atoms with Crippen LogP contribution in [0.25, 0.3) is 0 Å². The number of hydrogen-bond acceptors (Lipinski definition) is 2. The van der Waals surface area contributed by atoms with Crippen LogP contribution in [0, 0.1) is 11.3 Å². The normalized spacial score (nSPS) is 25.5. The molecule has 0 aromatic heterocycles. The summed E-state index contributed by atoms with van der Waals surface area (Å²) in [5.74, 6) is 0.998. The Hall–Kier alpha value is -1.50. The van der Waals surface area contributed by atoms with E-state index in [1.165, 1.54) is 0 Å². The van der Waals surface area contributed by atoms with Gasteiger partial charge in [-0.05, 0) is 29.7 Å². The molecule has 0 aliphatic heterocycles. The van der Waals surface area contributed by atoms with Gasteiger partial charge in [0.15, 0.2) is 5.76 Å². The van der Waals surface area contributed by atoms with E-state index in [4.69, 9.17) is 4.74 Å². The van der Waals surface area contributed by atoms with E-state index in [1.807, 2.05) is 30.3 Å². The van der Waals surface area contributed by atoms with Crippen molar-refractivity contribution in [3.05, 3.63) is 54.0 Å². The first-order chi connectivity index (χ1) is 9.35. The minimum atomic E-state index is -0.880. The molecule has 1 aromatic carbocycles. The molecule has 2 rings (SSSR count). The minimum absolute atomic E-state index is 0.220. The Bertz CT molecular complexity index is 498. The lowest BCUT2D eigenvalue weighted by Crippen LogP contribution is -2.50. The van der Waals surface area contributed by atoms with E-state index in [0.29, 0.717) is 18.3 Å². The van der Waals surface area contributed by atoms with Crippen molar-refractivity contribution in [3.8, 4) is 0 Å². The van der Waals surface area contributed by atoms with Crippen LogP contribution in [0.2, 0.25) is 0 Å². The second-order valence-electron chi connectivity index (χ2n) is 6.78. The SMILES string of the molecule is C=C=C(OCc1ccccc1)C1(O)CC(C(C)(C)C)C1. The highest BCUT2D eigenvalue weighted by Crippen LogP contribution is 2.50. The van der Waals surface area contributed by atoms with E-state index in [2.05, 4.69) is 33.1 Å². The average molecular weight is 272 g/mol. The number of ether oxygens (including phenoxy) is 1. The molecular weight excluding hydrogens is 248 g/mol. The van der Waals surface area contributed by atoms with E-state index in [-0.39, 0.29) is 5.41 Å². The monoisotopic (exact) mass is 272 g/mol. The van der Waals surface area contributed by atoms with Crippen LogP contribution in [-0.4, -0.2) is 10.7 Å². The molecule has 1 fully saturated rings. The maximum Gasteiger partial charge on any atom is 0.170 e. The third kappa shape index (κ3) is 3.15. The second-order valence-corrected chi connectivity index (χ2v) is 6.78. The van der Waals surface area contributed by atoms with E-state index < -0.39 is 5.60 Å². The molecule has 0 amide bonds. The van der Waals surface area contributed by atoms with Crippen molar-refractivity contribution in [2.45, 2.75) is 45.8 Å². The average Bonchev–Trinajstić information content (AvgIpc) is 2.36. The Kier molecular flexibility index (Phi) is 4.08. The van der Waals surface area contributed by atoms with Gasteiger partial charge in [0.1, 0.15) is 12.2 Å². The molecule has 0 heterocycles. The van der Waals surface area contributed by atoms with Gasteiger partial charge in [0, 0.05) is 0 Å². The van der Waals surface area contributed by atoms with Gasteiger partial charge >= 0.3 is 0 Å². The van der Waals surface area contributed by atoms with Gasteiger partial charge in [0.25, 0.3) is 0 Å². The number of hydrogen-bond donors (Lipinski definition) is 1. The van der Waals surface area contributed by atoms with Gasteiger partial charge in [-0.3, -0.25) is 0 Å². The fourth-order valence-electron chi connectivity index (χ4n) is 2.63. The number of rotatable bonds is 4. The highest BCUT2D eigenvalue weighted by atomic mass is 16.5. The number of benzene rings is 1. The van der Waals surface area contributed by atoms with Crippen molar-refractivity contribution in [3.63, 3.8) is 0 Å². The highest BCUT2D eigenvalue weighted by Gasteiger charge is 2.50. The summed E-state index contributed by atoms with van der Waals surface area (Å²) >= 11 is 0. The molecule has 0 unspecified atom stereocenters. The van der Waals surface area contributed by atoms with Gasteiger partial charge in [0.05, 0.1) is 0 Å². The summed E-state index contributed by atoms with van der Waals surface area (Å²) in [6.45, 7) is 10.7. The predicted molar refractivity (Wildman–Crippen MR) is 81.0 cm³/mol. The molecule has 2 heteroatoms. The molecule has 1 aliphatic rings. The first kappa shape index (κ1) is 14.9. The molecule has 0 radical (unpaired) electrons. The maximum absolute atomic E-state index is 10.6. The van der Waals surface area contributed by atoms with E-state index >= 15 is 0 Å². The van der Waals surface area contributed by atoms with Crippen LogP contribution >= 0.6 is 0 Å². The first-order valence-electron chi connectivity index (χ1n) is 7.15. The zero-order chi connectivity index (χ0) is 14.8. The Morgan fingerprint density at radius 3 is 2.45 bits per heavy atom. The van der Waals surface area contributed by atoms with Crippen LogP contribution in [0.5, 0.6) is 0 Å².